The fraction of sp³-hybridized carbons (Fsp3) is 0.379. The minimum atomic E-state index is -4.04. The largest absolute Gasteiger partial charge is 0.489 e. The molecule has 230 valence electrons. The molecule has 1 aliphatic heterocycles. The highest BCUT2D eigenvalue weighted by molar-refractivity contribution is 7.89. The number of nitrogens with zero attached hydrogens (tertiary/aromatic N) is 2. The number of halogens is 4. The van der Waals surface area contributed by atoms with E-state index in [1.165, 1.54) is 54.9 Å². The summed E-state index contributed by atoms with van der Waals surface area (Å²) in [5.41, 5.74) is 6.93. The van der Waals surface area contributed by atoms with E-state index in [4.69, 9.17) is 38.4 Å². The van der Waals surface area contributed by atoms with Crippen molar-refractivity contribution in [3.63, 3.8) is 0 Å². The van der Waals surface area contributed by atoms with Crippen molar-refractivity contribution in [2.24, 2.45) is 5.92 Å². The summed E-state index contributed by atoms with van der Waals surface area (Å²) in [5, 5.41) is 0.453. The van der Waals surface area contributed by atoms with E-state index in [9.17, 15) is 22.0 Å². The van der Waals surface area contributed by atoms with Gasteiger partial charge in [0, 0.05) is 31.0 Å². The van der Waals surface area contributed by atoms with Crippen molar-refractivity contribution >= 4 is 44.9 Å². The van der Waals surface area contributed by atoms with Crippen molar-refractivity contribution in [1.82, 2.24) is 9.29 Å². The monoisotopic (exact) mass is 655 g/mol. The number of nitrogens with two attached hydrogens (primary N) is 1. The Morgan fingerprint density at radius 1 is 1.05 bits per heavy atom. The Labute approximate surface area is 257 Å². The molecule has 0 unspecified atom stereocenters. The highest BCUT2D eigenvalue weighted by atomic mass is 35.5. The summed E-state index contributed by atoms with van der Waals surface area (Å²) in [6.07, 6.45) is 4.36. The summed E-state index contributed by atoms with van der Waals surface area (Å²) in [6.45, 7) is -2.64. The Kier molecular flexibility index (Phi) is 9.60. The molecule has 2 aromatic carbocycles. The van der Waals surface area contributed by atoms with E-state index in [1.807, 2.05) is 0 Å². The van der Waals surface area contributed by atoms with Crippen LogP contribution in [0.5, 0.6) is 11.5 Å². The van der Waals surface area contributed by atoms with Crippen LogP contribution in [0.1, 0.15) is 42.9 Å². The molecule has 9 nitrogen and oxygen atoms in total. The summed E-state index contributed by atoms with van der Waals surface area (Å²) in [5.74, 6) is -0.564. The van der Waals surface area contributed by atoms with Crippen LogP contribution < -0.4 is 15.2 Å². The molecule has 0 spiro atoms. The third-order valence-corrected chi connectivity index (χ3v) is 9.86. The first kappa shape index (κ1) is 31.2. The van der Waals surface area contributed by atoms with Crippen LogP contribution in [0.3, 0.4) is 0 Å². The fourth-order valence-electron chi connectivity index (χ4n) is 4.83. The molecule has 14 heteroatoms. The predicted octanol–water partition coefficient (Wildman–Crippen LogP) is 6.04. The molecule has 43 heavy (non-hydrogen) atoms. The number of esters is 1. The third-order valence-electron chi connectivity index (χ3n) is 7.29. The van der Waals surface area contributed by atoms with Crippen molar-refractivity contribution in [2.75, 3.05) is 18.9 Å². The number of sulfonamides is 1. The molecule has 2 aliphatic rings. The lowest BCUT2D eigenvalue weighted by atomic mass is 10.0. The zero-order valence-electron chi connectivity index (χ0n) is 22.8. The number of hydrogen-bond donors (Lipinski definition) is 1. The summed E-state index contributed by atoms with van der Waals surface area (Å²) >= 11 is 12.8. The zero-order valence-corrected chi connectivity index (χ0v) is 25.1. The lowest BCUT2D eigenvalue weighted by Gasteiger charge is -2.26. The quantitative estimate of drug-likeness (QED) is 0.185. The molecule has 0 radical (unpaired) electrons. The Morgan fingerprint density at radius 2 is 1.74 bits per heavy atom. The van der Waals surface area contributed by atoms with Crippen LogP contribution in [0, 0.1) is 5.92 Å². The second-order valence-electron chi connectivity index (χ2n) is 10.4. The number of nitrogen functional groups attached to an aromatic ring is 1. The minimum Gasteiger partial charge on any atom is -0.489 e. The van der Waals surface area contributed by atoms with Crippen molar-refractivity contribution < 1.29 is 36.2 Å². The second kappa shape index (κ2) is 13.2. The number of alkyl halides is 2. The Bertz CT molecular complexity index is 1550. The molecule has 1 saturated carbocycles. The Balaban J connectivity index is 1.46. The molecule has 0 amide bonds. The highest BCUT2D eigenvalue weighted by Gasteiger charge is 2.41. The van der Waals surface area contributed by atoms with E-state index in [-0.39, 0.29) is 45.8 Å². The first-order valence-corrected chi connectivity index (χ1v) is 15.8. The molecule has 1 saturated heterocycles. The molecule has 1 aliphatic carbocycles. The van der Waals surface area contributed by atoms with E-state index in [0.29, 0.717) is 35.8 Å². The topological polar surface area (TPSA) is 121 Å². The van der Waals surface area contributed by atoms with E-state index in [0.717, 1.165) is 17.1 Å². The third kappa shape index (κ3) is 7.49. The molecular weight excluding hydrogens is 627 g/mol. The number of aromatic nitrogens is 1. The van der Waals surface area contributed by atoms with E-state index < -0.39 is 34.7 Å². The number of carbonyl (C=O) groups excluding carboxylic acids is 1. The van der Waals surface area contributed by atoms with Crippen LogP contribution in [0.2, 0.25) is 10.0 Å². The lowest BCUT2D eigenvalue weighted by Crippen LogP contribution is -2.41. The fourth-order valence-corrected chi connectivity index (χ4v) is 6.99. The molecule has 2 N–H and O–H groups in total. The molecule has 0 bridgehead atoms. The number of hydrogen-bond acceptors (Lipinski definition) is 8. The molecule has 2 atom stereocenters. The number of anilines is 1. The van der Waals surface area contributed by atoms with Gasteiger partial charge in [0.1, 0.15) is 12.1 Å². The molecular formula is C29H29Cl2F2N3O6S. The van der Waals surface area contributed by atoms with Crippen LogP contribution in [0.25, 0.3) is 0 Å². The SMILES string of the molecule is Nc1ccc(S(=O)(=O)N2CCC[C@H]2C(=O)O[C@@H](Cc2c(Cl)cncc2Cl)c2ccc(OC(F)F)c(OCC3CC3)c2)cc1. The smallest absolute Gasteiger partial charge is 0.387 e. The maximum atomic E-state index is 13.7. The van der Waals surface area contributed by atoms with Gasteiger partial charge in [0.25, 0.3) is 0 Å². The van der Waals surface area contributed by atoms with Gasteiger partial charge < -0.3 is 19.9 Å². The van der Waals surface area contributed by atoms with Gasteiger partial charge in [-0.1, -0.05) is 29.3 Å². The van der Waals surface area contributed by atoms with Crippen LogP contribution in [-0.2, 0) is 26.0 Å². The van der Waals surface area contributed by atoms with Crippen LogP contribution in [0.4, 0.5) is 14.5 Å². The van der Waals surface area contributed by atoms with Crippen molar-refractivity contribution in [1.29, 1.82) is 0 Å². The van der Waals surface area contributed by atoms with Crippen LogP contribution in [-0.4, -0.2) is 49.5 Å². The van der Waals surface area contributed by atoms with Gasteiger partial charge in [0.05, 0.1) is 21.5 Å². The maximum Gasteiger partial charge on any atom is 0.387 e. The van der Waals surface area contributed by atoms with Crippen molar-refractivity contribution in [2.45, 2.75) is 55.8 Å². The van der Waals surface area contributed by atoms with Gasteiger partial charge in [-0.15, -0.1) is 0 Å². The number of carbonyl (C=O) groups is 1. The van der Waals surface area contributed by atoms with Gasteiger partial charge in [0.2, 0.25) is 10.0 Å². The molecule has 3 aromatic rings. The van der Waals surface area contributed by atoms with Crippen molar-refractivity contribution in [3.8, 4) is 11.5 Å². The van der Waals surface area contributed by atoms with Gasteiger partial charge >= 0.3 is 12.6 Å². The van der Waals surface area contributed by atoms with Crippen LogP contribution >= 0.6 is 23.2 Å². The summed E-state index contributed by atoms with van der Waals surface area (Å²) in [4.78, 5) is 17.6. The summed E-state index contributed by atoms with van der Waals surface area (Å²) < 4.78 is 70.7. The van der Waals surface area contributed by atoms with Crippen LogP contribution in [0.15, 0.2) is 59.8 Å². The lowest BCUT2D eigenvalue weighted by molar-refractivity contribution is -0.153. The standard InChI is InChI=1S/C29H29Cl2F2N3O6S/c30-22-14-35-15-23(31)21(22)13-26(18-5-10-25(42-29(32)33)27(12-18)40-16-17-3-4-17)41-28(37)24-2-1-11-36(24)43(38,39)20-8-6-19(34)7-9-20/h5-10,12,14-15,17,24,26,29H,1-4,11,13,16,34H2/t24-,26-/m0/s1. The van der Waals surface area contributed by atoms with Gasteiger partial charge in [0.15, 0.2) is 11.5 Å². The second-order valence-corrected chi connectivity index (χ2v) is 13.1. The van der Waals surface area contributed by atoms with Gasteiger partial charge in [-0.2, -0.15) is 13.1 Å². The number of rotatable bonds is 12. The number of benzene rings is 2. The maximum absolute atomic E-state index is 13.7. The average molecular weight is 657 g/mol. The molecule has 2 heterocycles. The summed E-state index contributed by atoms with van der Waals surface area (Å²) in [7, 11) is -4.04. The molecule has 2 fully saturated rings. The first-order valence-electron chi connectivity index (χ1n) is 13.6. The van der Waals surface area contributed by atoms with Crippen molar-refractivity contribution in [3.05, 3.63) is 76.0 Å². The average Bonchev–Trinajstić information content (AvgIpc) is 3.65. The highest BCUT2D eigenvalue weighted by Crippen LogP contribution is 2.38. The first-order chi connectivity index (χ1) is 20.5. The van der Waals surface area contributed by atoms with E-state index in [2.05, 4.69) is 9.72 Å². The zero-order chi connectivity index (χ0) is 30.7. The molecule has 5 rings (SSSR count). The number of ether oxygens (including phenoxy) is 3. The van der Waals surface area contributed by atoms with Gasteiger partial charge in [-0.05, 0) is 79.1 Å². The minimum absolute atomic E-state index is 0.000344. The predicted molar refractivity (Wildman–Crippen MR) is 156 cm³/mol. The summed E-state index contributed by atoms with van der Waals surface area (Å²) in [6, 6.07) is 8.87. The van der Waals surface area contributed by atoms with E-state index >= 15 is 0 Å². The van der Waals surface area contributed by atoms with Gasteiger partial charge in [-0.25, -0.2) is 8.42 Å². The Hall–Kier alpha value is -3.19. The number of pyridine rings is 1. The van der Waals surface area contributed by atoms with E-state index in [1.54, 1.807) is 0 Å². The molecule has 1 aromatic heterocycles. The van der Waals surface area contributed by atoms with Gasteiger partial charge in [-0.3, -0.25) is 9.78 Å². The Morgan fingerprint density at radius 3 is 2.40 bits per heavy atom. The normalized spacial score (nSPS) is 18.0.